The molecule has 2 N–H and O–H groups in total. The Morgan fingerprint density at radius 3 is 2.55 bits per heavy atom. The Hall–Kier alpha value is -0.850. The van der Waals surface area contributed by atoms with E-state index < -0.39 is 17.1 Å². The monoisotopic (exact) mass is 455 g/mol. The highest BCUT2D eigenvalue weighted by Gasteiger charge is 2.58. The molecule has 0 saturated heterocycles. The average molecular weight is 456 g/mol. The maximum Gasteiger partial charge on any atom is 0.0776 e. The van der Waals surface area contributed by atoms with Crippen LogP contribution in [-0.4, -0.2) is 21.9 Å². The second-order valence-electron chi connectivity index (χ2n) is 13.6. The van der Waals surface area contributed by atoms with Crippen LogP contribution in [0.1, 0.15) is 112 Å². The molecule has 4 aliphatic rings. The first-order valence-electron chi connectivity index (χ1n) is 13.9. The minimum Gasteiger partial charge on any atom is -0.391 e. The molecule has 33 heavy (non-hydrogen) atoms. The van der Waals surface area contributed by atoms with Crippen molar-refractivity contribution in [2.45, 2.75) is 124 Å². The van der Waals surface area contributed by atoms with Gasteiger partial charge in [0.05, 0.1) is 23.2 Å². The van der Waals surface area contributed by atoms with E-state index in [2.05, 4.69) is 39.8 Å². The van der Waals surface area contributed by atoms with Gasteiger partial charge in [0.2, 0.25) is 0 Å². The molecule has 0 aliphatic heterocycles. The Balaban J connectivity index is 1.49. The minimum atomic E-state index is -0.664. The molecule has 3 saturated carbocycles. The molecule has 0 spiro atoms. The van der Waals surface area contributed by atoms with E-state index in [4.69, 9.17) is 0 Å². The summed E-state index contributed by atoms with van der Waals surface area (Å²) in [5.41, 5.74) is 1.33. The molecular weight excluding hydrogens is 406 g/mol. The van der Waals surface area contributed by atoms with Gasteiger partial charge in [-0.25, -0.2) is 0 Å². The number of aliphatic hydroxyl groups excluding tert-OH is 1. The van der Waals surface area contributed by atoms with Crippen molar-refractivity contribution in [1.29, 1.82) is 5.26 Å². The SMILES string of the molecule is CC[C@]1(O)CC[C@]2(C)C3=CC[C@]4(C)[C@@H]([C@H](C)CC[C@H](O)C(C)(C)C#N)CC[C@H]4[C@@H]3CC[C@H]2C1. The van der Waals surface area contributed by atoms with Gasteiger partial charge < -0.3 is 10.2 Å². The van der Waals surface area contributed by atoms with Crippen molar-refractivity contribution in [3.8, 4) is 6.07 Å². The van der Waals surface area contributed by atoms with Crippen molar-refractivity contribution < 1.29 is 10.2 Å². The van der Waals surface area contributed by atoms with Gasteiger partial charge in [0.25, 0.3) is 0 Å². The minimum absolute atomic E-state index is 0.294. The summed E-state index contributed by atoms with van der Waals surface area (Å²) in [6.45, 7) is 13.4. The number of aliphatic hydroxyl groups is 2. The zero-order chi connectivity index (χ0) is 24.2. The molecule has 4 rings (SSSR count). The maximum atomic E-state index is 11.0. The fraction of sp³-hybridized carbons (Fsp3) is 0.900. The zero-order valence-corrected chi connectivity index (χ0v) is 22.2. The van der Waals surface area contributed by atoms with Crippen molar-refractivity contribution in [2.24, 2.45) is 45.8 Å². The van der Waals surface area contributed by atoms with Gasteiger partial charge in [-0.3, -0.25) is 0 Å². The van der Waals surface area contributed by atoms with E-state index in [1.807, 2.05) is 13.8 Å². The lowest BCUT2D eigenvalue weighted by atomic mass is 9.47. The van der Waals surface area contributed by atoms with Crippen molar-refractivity contribution in [3.05, 3.63) is 11.6 Å². The van der Waals surface area contributed by atoms with E-state index >= 15 is 0 Å². The summed E-state index contributed by atoms with van der Waals surface area (Å²) >= 11 is 0. The van der Waals surface area contributed by atoms with Gasteiger partial charge in [0.1, 0.15) is 0 Å². The molecule has 0 aromatic rings. The van der Waals surface area contributed by atoms with Crippen molar-refractivity contribution >= 4 is 0 Å². The molecule has 3 heteroatoms. The summed E-state index contributed by atoms with van der Waals surface area (Å²) in [6, 6.07) is 2.28. The predicted molar refractivity (Wildman–Crippen MR) is 134 cm³/mol. The van der Waals surface area contributed by atoms with Gasteiger partial charge in [-0.1, -0.05) is 39.3 Å². The molecule has 0 amide bonds. The smallest absolute Gasteiger partial charge is 0.0776 e. The molecule has 9 atom stereocenters. The molecule has 3 fully saturated rings. The van der Waals surface area contributed by atoms with E-state index in [-0.39, 0.29) is 0 Å². The second-order valence-corrected chi connectivity index (χ2v) is 13.6. The third kappa shape index (κ3) is 4.12. The van der Waals surface area contributed by atoms with Gasteiger partial charge in [0.15, 0.2) is 0 Å². The van der Waals surface area contributed by atoms with E-state index in [0.29, 0.717) is 28.6 Å². The van der Waals surface area contributed by atoms with Crippen LogP contribution in [-0.2, 0) is 0 Å². The molecule has 4 aliphatic carbocycles. The highest BCUT2D eigenvalue weighted by Crippen LogP contribution is 2.67. The van der Waals surface area contributed by atoms with Crippen molar-refractivity contribution in [2.75, 3.05) is 0 Å². The van der Waals surface area contributed by atoms with E-state index in [0.717, 1.165) is 50.4 Å². The first-order valence-corrected chi connectivity index (χ1v) is 13.9. The summed E-state index contributed by atoms with van der Waals surface area (Å²) < 4.78 is 0. The van der Waals surface area contributed by atoms with Crippen molar-refractivity contribution in [3.63, 3.8) is 0 Å². The number of allylic oxidation sites excluding steroid dienone is 2. The van der Waals surface area contributed by atoms with Crippen LogP contribution in [0.2, 0.25) is 0 Å². The number of rotatable bonds is 6. The van der Waals surface area contributed by atoms with E-state index in [1.54, 1.807) is 5.57 Å². The fourth-order valence-corrected chi connectivity index (χ4v) is 8.95. The molecular formula is C30H49NO2. The number of hydrogen-bond donors (Lipinski definition) is 2. The van der Waals surface area contributed by atoms with E-state index in [9.17, 15) is 15.5 Å². The number of fused-ring (bicyclic) bond motifs is 5. The third-order valence-corrected chi connectivity index (χ3v) is 11.6. The molecule has 0 radical (unpaired) electrons. The average Bonchev–Trinajstić information content (AvgIpc) is 3.15. The van der Waals surface area contributed by atoms with Crippen LogP contribution >= 0.6 is 0 Å². The standard InChI is InChI=1S/C30H49NO2/c1-7-30(33)17-16-28(5)21(18-30)9-10-22-24-12-11-23(29(24,6)15-14-25(22)28)20(2)8-13-26(32)27(3,4)19-31/h14,20-24,26,32-33H,7-13,15-18H2,1-6H3/t20-,21+,22+,23-,24+,26+,28+,29-,30+/m1/s1. The molecule has 0 heterocycles. The van der Waals surface area contributed by atoms with Crippen LogP contribution in [0.15, 0.2) is 11.6 Å². The highest BCUT2D eigenvalue weighted by atomic mass is 16.3. The Morgan fingerprint density at radius 1 is 1.15 bits per heavy atom. The summed E-state index contributed by atoms with van der Waals surface area (Å²) in [5.74, 6) is 3.46. The topological polar surface area (TPSA) is 64.2 Å². The summed E-state index contributed by atoms with van der Waals surface area (Å²) in [4.78, 5) is 0. The second kappa shape index (κ2) is 8.67. The number of nitriles is 1. The normalized spacial score (nSPS) is 44.6. The van der Waals surface area contributed by atoms with Crippen LogP contribution in [0.3, 0.4) is 0 Å². The van der Waals surface area contributed by atoms with E-state index in [1.165, 1.54) is 32.1 Å². The molecule has 0 bridgehead atoms. The Morgan fingerprint density at radius 2 is 1.88 bits per heavy atom. The van der Waals surface area contributed by atoms with Gasteiger partial charge in [-0.2, -0.15) is 5.26 Å². The quantitative estimate of drug-likeness (QED) is 0.422. The first kappa shape index (κ1) is 25.2. The summed E-state index contributed by atoms with van der Waals surface area (Å²) in [7, 11) is 0. The van der Waals surface area contributed by atoms with Crippen LogP contribution in [0.25, 0.3) is 0 Å². The fourth-order valence-electron chi connectivity index (χ4n) is 8.95. The Labute approximate surface area is 203 Å². The van der Waals surface area contributed by atoms with Crippen molar-refractivity contribution in [1.82, 2.24) is 0 Å². The van der Waals surface area contributed by atoms with Gasteiger partial charge in [0, 0.05) is 0 Å². The molecule has 0 aromatic heterocycles. The lowest BCUT2D eigenvalue weighted by Gasteiger charge is -2.58. The van der Waals surface area contributed by atoms with Crippen LogP contribution in [0, 0.1) is 57.2 Å². The summed E-state index contributed by atoms with van der Waals surface area (Å²) in [5, 5.41) is 30.9. The highest BCUT2D eigenvalue weighted by molar-refractivity contribution is 5.29. The van der Waals surface area contributed by atoms with Crippen LogP contribution < -0.4 is 0 Å². The number of hydrogen-bond acceptors (Lipinski definition) is 3. The summed E-state index contributed by atoms with van der Waals surface area (Å²) in [6.07, 6.45) is 14.3. The van der Waals surface area contributed by atoms with Gasteiger partial charge in [-0.15, -0.1) is 0 Å². The Bertz CT molecular complexity index is 811. The van der Waals surface area contributed by atoms with Gasteiger partial charge >= 0.3 is 0 Å². The van der Waals surface area contributed by atoms with Crippen LogP contribution in [0.4, 0.5) is 0 Å². The predicted octanol–water partition coefficient (Wildman–Crippen LogP) is 7.03. The largest absolute Gasteiger partial charge is 0.391 e. The Kier molecular flexibility index (Phi) is 6.63. The van der Waals surface area contributed by atoms with Gasteiger partial charge in [-0.05, 0) is 125 Å². The molecule has 3 nitrogen and oxygen atoms in total. The molecule has 186 valence electrons. The van der Waals surface area contributed by atoms with Crippen LogP contribution in [0.5, 0.6) is 0 Å². The maximum absolute atomic E-state index is 11.0. The zero-order valence-electron chi connectivity index (χ0n) is 22.2. The first-order chi connectivity index (χ1) is 15.4. The molecule has 0 unspecified atom stereocenters. The number of nitrogens with zero attached hydrogens (tertiary/aromatic N) is 1. The molecule has 0 aromatic carbocycles. The lowest BCUT2D eigenvalue weighted by Crippen LogP contribution is -2.51. The lowest BCUT2D eigenvalue weighted by molar-refractivity contribution is -0.0771. The third-order valence-electron chi connectivity index (χ3n) is 11.6.